The molecule has 7 heteroatoms. The number of aromatic nitrogens is 4. The molecule has 3 aromatic rings. The summed E-state index contributed by atoms with van der Waals surface area (Å²) in [5.74, 6) is 1.19. The van der Waals surface area contributed by atoms with Crippen LogP contribution < -0.4 is 5.32 Å². The summed E-state index contributed by atoms with van der Waals surface area (Å²) in [4.78, 5) is 8.97. The third-order valence-electron chi connectivity index (χ3n) is 4.82. The van der Waals surface area contributed by atoms with Gasteiger partial charge in [-0.25, -0.2) is 9.97 Å². The topological polar surface area (TPSA) is 96.1 Å². The first-order chi connectivity index (χ1) is 13.4. The van der Waals surface area contributed by atoms with E-state index in [9.17, 15) is 10.2 Å². The Labute approximate surface area is 164 Å². The minimum atomic E-state index is -1.20. The van der Waals surface area contributed by atoms with Gasteiger partial charge in [0.2, 0.25) is 5.95 Å². The van der Waals surface area contributed by atoms with Crippen molar-refractivity contribution in [2.45, 2.75) is 44.8 Å². The van der Waals surface area contributed by atoms with Crippen molar-refractivity contribution in [3.8, 4) is 11.1 Å². The first-order valence-corrected chi connectivity index (χ1v) is 9.50. The summed E-state index contributed by atoms with van der Waals surface area (Å²) in [5.41, 5.74) is 3.87. The number of aryl methyl sites for hydroxylation is 1. The van der Waals surface area contributed by atoms with Gasteiger partial charge in [-0.3, -0.25) is 4.68 Å². The van der Waals surface area contributed by atoms with Crippen molar-refractivity contribution in [3.05, 3.63) is 54.1 Å². The Bertz CT molecular complexity index is 978. The Morgan fingerprint density at radius 3 is 2.82 bits per heavy atom. The first-order valence-electron chi connectivity index (χ1n) is 9.50. The van der Waals surface area contributed by atoms with E-state index in [4.69, 9.17) is 0 Å². The number of hydrogen-bond donors (Lipinski definition) is 3. The molecule has 28 heavy (non-hydrogen) atoms. The molecule has 1 saturated carbocycles. The van der Waals surface area contributed by atoms with E-state index in [0.717, 1.165) is 28.1 Å². The first kappa shape index (κ1) is 18.6. The van der Waals surface area contributed by atoms with Crippen LogP contribution >= 0.6 is 0 Å². The number of aliphatic hydroxyl groups is 2. The van der Waals surface area contributed by atoms with Crippen LogP contribution in [0.25, 0.3) is 11.1 Å². The number of benzene rings is 1. The molecule has 0 aliphatic heterocycles. The summed E-state index contributed by atoms with van der Waals surface area (Å²) >= 11 is 0. The zero-order chi connectivity index (χ0) is 19.7. The van der Waals surface area contributed by atoms with Crippen molar-refractivity contribution < 1.29 is 10.2 Å². The molecule has 0 radical (unpaired) electrons. The molecule has 1 aliphatic rings. The standard InChI is InChI=1S/C21H25N5O2/c1-14-7-16(17-10-23-26(11-17)12-21(2,28)13-27)9-18(8-14)24-20-22-6-5-19(25-20)15-3-4-15/h5-11,15,27-28H,3-4,12-13H2,1-2H3,(H,22,24,25)/t21-/m0/s1. The lowest BCUT2D eigenvalue weighted by atomic mass is 10.1. The van der Waals surface area contributed by atoms with Crippen LogP contribution in [-0.2, 0) is 6.54 Å². The van der Waals surface area contributed by atoms with E-state index in [-0.39, 0.29) is 13.2 Å². The Morgan fingerprint density at radius 1 is 1.25 bits per heavy atom. The van der Waals surface area contributed by atoms with Gasteiger partial charge in [0.05, 0.1) is 19.3 Å². The monoisotopic (exact) mass is 379 g/mol. The summed E-state index contributed by atoms with van der Waals surface area (Å²) in [7, 11) is 0. The minimum absolute atomic E-state index is 0.224. The quantitative estimate of drug-likeness (QED) is 0.584. The molecule has 146 valence electrons. The molecule has 2 aromatic heterocycles. The molecule has 0 spiro atoms. The van der Waals surface area contributed by atoms with Gasteiger partial charge in [0, 0.05) is 35.3 Å². The summed E-state index contributed by atoms with van der Waals surface area (Å²) < 4.78 is 1.64. The van der Waals surface area contributed by atoms with E-state index in [2.05, 4.69) is 32.5 Å². The number of nitrogens with zero attached hydrogens (tertiary/aromatic N) is 4. The van der Waals surface area contributed by atoms with Crippen LogP contribution in [0.1, 0.15) is 36.9 Å². The van der Waals surface area contributed by atoms with Gasteiger partial charge in [-0.2, -0.15) is 5.10 Å². The second-order valence-electron chi connectivity index (χ2n) is 7.87. The van der Waals surface area contributed by atoms with Crippen LogP contribution in [0, 0.1) is 6.92 Å². The molecule has 2 heterocycles. The molecular weight excluding hydrogens is 354 g/mol. The van der Waals surface area contributed by atoms with E-state index >= 15 is 0 Å². The van der Waals surface area contributed by atoms with E-state index in [1.54, 1.807) is 24.0 Å². The lowest BCUT2D eigenvalue weighted by molar-refractivity contribution is -0.0145. The highest BCUT2D eigenvalue weighted by atomic mass is 16.3. The molecule has 0 bridgehead atoms. The fourth-order valence-electron chi connectivity index (χ4n) is 3.19. The normalized spacial score (nSPS) is 16.0. The van der Waals surface area contributed by atoms with E-state index < -0.39 is 5.60 Å². The molecule has 7 nitrogen and oxygen atoms in total. The second-order valence-corrected chi connectivity index (χ2v) is 7.87. The molecule has 0 amide bonds. The van der Waals surface area contributed by atoms with Crippen molar-refractivity contribution in [1.29, 1.82) is 0 Å². The van der Waals surface area contributed by atoms with Crippen LogP contribution in [0.3, 0.4) is 0 Å². The fraction of sp³-hybridized carbons (Fsp3) is 0.381. The van der Waals surface area contributed by atoms with Gasteiger partial charge in [0.15, 0.2) is 0 Å². The maximum atomic E-state index is 10.0. The molecule has 4 rings (SSSR count). The van der Waals surface area contributed by atoms with Gasteiger partial charge in [-0.05, 0) is 56.0 Å². The van der Waals surface area contributed by atoms with Gasteiger partial charge in [-0.15, -0.1) is 0 Å². The Morgan fingerprint density at radius 2 is 2.07 bits per heavy atom. The van der Waals surface area contributed by atoms with Gasteiger partial charge in [-0.1, -0.05) is 6.07 Å². The summed E-state index contributed by atoms with van der Waals surface area (Å²) in [6, 6.07) is 8.15. The van der Waals surface area contributed by atoms with Crippen LogP contribution in [0.15, 0.2) is 42.9 Å². The number of rotatable bonds is 7. The minimum Gasteiger partial charge on any atom is -0.393 e. The number of nitrogens with one attached hydrogen (secondary N) is 1. The van der Waals surface area contributed by atoms with Gasteiger partial charge in [0.1, 0.15) is 5.60 Å². The second kappa shape index (κ2) is 7.33. The van der Waals surface area contributed by atoms with Crippen molar-refractivity contribution in [2.24, 2.45) is 0 Å². The number of aliphatic hydroxyl groups excluding tert-OH is 1. The summed E-state index contributed by atoms with van der Waals surface area (Å²) in [5, 5.41) is 26.9. The molecule has 3 N–H and O–H groups in total. The third kappa shape index (κ3) is 4.37. The fourth-order valence-corrected chi connectivity index (χ4v) is 3.19. The van der Waals surface area contributed by atoms with Crippen LogP contribution in [-0.4, -0.2) is 42.2 Å². The predicted molar refractivity (Wildman–Crippen MR) is 107 cm³/mol. The van der Waals surface area contributed by atoms with E-state index in [1.165, 1.54) is 12.8 Å². The lowest BCUT2D eigenvalue weighted by Crippen LogP contribution is -2.34. The maximum absolute atomic E-state index is 10.0. The third-order valence-corrected chi connectivity index (χ3v) is 4.82. The van der Waals surface area contributed by atoms with Crippen molar-refractivity contribution in [1.82, 2.24) is 19.7 Å². The number of anilines is 2. The summed E-state index contributed by atoms with van der Waals surface area (Å²) in [6.45, 7) is 3.53. The molecule has 1 aromatic carbocycles. The zero-order valence-corrected chi connectivity index (χ0v) is 16.1. The van der Waals surface area contributed by atoms with E-state index in [0.29, 0.717) is 11.9 Å². The van der Waals surface area contributed by atoms with Gasteiger partial charge >= 0.3 is 0 Å². The molecule has 0 saturated heterocycles. The lowest BCUT2D eigenvalue weighted by Gasteiger charge is -2.19. The Hall–Kier alpha value is -2.77. The van der Waals surface area contributed by atoms with Crippen LogP contribution in [0.4, 0.5) is 11.6 Å². The highest BCUT2D eigenvalue weighted by molar-refractivity contribution is 5.70. The van der Waals surface area contributed by atoms with Crippen LogP contribution in [0.2, 0.25) is 0 Å². The highest BCUT2D eigenvalue weighted by Gasteiger charge is 2.25. The average Bonchev–Trinajstić information content (AvgIpc) is 3.41. The smallest absolute Gasteiger partial charge is 0.227 e. The zero-order valence-electron chi connectivity index (χ0n) is 16.1. The van der Waals surface area contributed by atoms with Crippen molar-refractivity contribution in [3.63, 3.8) is 0 Å². The SMILES string of the molecule is Cc1cc(Nc2nccc(C3CC3)n2)cc(-c2cnn(C[C@](C)(O)CO)c2)c1. The molecule has 1 fully saturated rings. The Kier molecular flexibility index (Phi) is 4.87. The molecule has 0 unspecified atom stereocenters. The molecule has 1 aliphatic carbocycles. The van der Waals surface area contributed by atoms with Crippen molar-refractivity contribution >= 4 is 11.6 Å². The molecule has 1 atom stereocenters. The summed E-state index contributed by atoms with van der Waals surface area (Å²) in [6.07, 6.45) is 7.84. The molecular formula is C21H25N5O2. The largest absolute Gasteiger partial charge is 0.393 e. The van der Waals surface area contributed by atoms with E-state index in [1.807, 2.05) is 25.3 Å². The highest BCUT2D eigenvalue weighted by Crippen LogP contribution is 2.39. The Balaban J connectivity index is 1.56. The van der Waals surface area contributed by atoms with Gasteiger partial charge < -0.3 is 15.5 Å². The van der Waals surface area contributed by atoms with Crippen molar-refractivity contribution in [2.75, 3.05) is 11.9 Å². The maximum Gasteiger partial charge on any atom is 0.227 e. The predicted octanol–water partition coefficient (Wildman–Crippen LogP) is 3.01. The average molecular weight is 379 g/mol. The number of hydrogen-bond acceptors (Lipinski definition) is 6. The van der Waals surface area contributed by atoms with Gasteiger partial charge in [0.25, 0.3) is 0 Å². The van der Waals surface area contributed by atoms with Crippen LogP contribution in [0.5, 0.6) is 0 Å².